The summed E-state index contributed by atoms with van der Waals surface area (Å²) in [6.45, 7) is 3.70. The Kier molecular flexibility index (Phi) is 6.42. The van der Waals surface area contributed by atoms with E-state index in [2.05, 4.69) is 13.0 Å². The number of halogens is 4. The summed E-state index contributed by atoms with van der Waals surface area (Å²) >= 11 is 24.6. The van der Waals surface area contributed by atoms with Gasteiger partial charge >= 0.3 is 0 Å². The van der Waals surface area contributed by atoms with Crippen molar-refractivity contribution in [1.29, 1.82) is 0 Å². The molecule has 1 fully saturated rings. The van der Waals surface area contributed by atoms with Crippen molar-refractivity contribution < 1.29 is 4.79 Å². The van der Waals surface area contributed by atoms with Crippen molar-refractivity contribution in [3.05, 3.63) is 75.3 Å². The van der Waals surface area contributed by atoms with Crippen molar-refractivity contribution in [2.24, 2.45) is 16.9 Å². The van der Waals surface area contributed by atoms with E-state index in [1.807, 2.05) is 48.5 Å². The first-order valence-corrected chi connectivity index (χ1v) is 11.7. The van der Waals surface area contributed by atoms with Gasteiger partial charge in [-0.15, -0.1) is 0 Å². The predicted octanol–water partition coefficient (Wildman–Crippen LogP) is 7.56. The van der Waals surface area contributed by atoms with E-state index in [0.717, 1.165) is 35.3 Å². The van der Waals surface area contributed by atoms with Gasteiger partial charge in [0.05, 0.1) is 11.8 Å². The van der Waals surface area contributed by atoms with E-state index in [1.54, 1.807) is 0 Å². The monoisotopic (exact) mass is 494 g/mol. The number of allylic oxidation sites excluding steroid dienone is 1. The molecule has 31 heavy (non-hydrogen) atoms. The summed E-state index contributed by atoms with van der Waals surface area (Å²) in [5.74, 6) is 0.0463. The third-order valence-electron chi connectivity index (χ3n) is 5.77. The lowest BCUT2D eigenvalue weighted by Gasteiger charge is -2.33. The molecule has 1 amide bonds. The van der Waals surface area contributed by atoms with Gasteiger partial charge in [0, 0.05) is 16.0 Å². The molecule has 3 atom stereocenters. The van der Waals surface area contributed by atoms with E-state index in [1.165, 1.54) is 11.9 Å². The first kappa shape index (κ1) is 22.7. The minimum Gasteiger partial charge on any atom is -0.269 e. The Bertz CT molecular complexity index is 1040. The van der Waals surface area contributed by atoms with Crippen LogP contribution in [0.15, 0.2) is 59.2 Å². The molecule has 162 valence electrons. The molecule has 0 spiro atoms. The standard InChI is InChI=1S/C24H22Cl4N2O/c1-14-11-17(13-15-3-7-18(25)8-4-15)21-20(12-14)22(16-5-9-19(26)10-6-16)30(29-21)23(31)24(2,27)28/h3-10,13-14,20,22H,11-12H2,1-2H3/b17-13+/t14-,20-,22-/m1/s1. The van der Waals surface area contributed by atoms with Crippen LogP contribution in [-0.4, -0.2) is 21.0 Å². The van der Waals surface area contributed by atoms with E-state index in [-0.39, 0.29) is 12.0 Å². The van der Waals surface area contributed by atoms with Crippen LogP contribution in [0, 0.1) is 11.8 Å². The highest BCUT2D eigenvalue weighted by atomic mass is 35.5. The zero-order valence-corrected chi connectivity index (χ0v) is 20.2. The highest BCUT2D eigenvalue weighted by Crippen LogP contribution is 2.47. The smallest absolute Gasteiger partial charge is 0.269 e. The number of fused-ring (bicyclic) bond motifs is 1. The van der Waals surface area contributed by atoms with Gasteiger partial charge in [0.25, 0.3) is 5.91 Å². The Morgan fingerprint density at radius 3 is 2.23 bits per heavy atom. The number of rotatable bonds is 3. The molecule has 0 N–H and O–H groups in total. The van der Waals surface area contributed by atoms with E-state index in [9.17, 15) is 4.79 Å². The van der Waals surface area contributed by atoms with Crippen LogP contribution < -0.4 is 0 Å². The maximum Gasteiger partial charge on any atom is 0.279 e. The Labute approximate surface area is 202 Å². The van der Waals surface area contributed by atoms with Crippen molar-refractivity contribution in [3.8, 4) is 0 Å². The minimum atomic E-state index is -1.58. The molecule has 1 heterocycles. The Morgan fingerprint density at radius 1 is 1.06 bits per heavy atom. The SMILES string of the molecule is C[C@@H]1C/C(=C\c2ccc(Cl)cc2)C2=NN(C(=O)C(C)(Cl)Cl)[C@H](c3ccc(Cl)cc3)[C@@H]2C1. The highest BCUT2D eigenvalue weighted by Gasteiger charge is 2.48. The molecule has 2 aromatic rings. The molecule has 3 nitrogen and oxygen atoms in total. The quantitative estimate of drug-likeness (QED) is 0.404. The van der Waals surface area contributed by atoms with Crippen molar-refractivity contribution in [2.75, 3.05) is 0 Å². The summed E-state index contributed by atoms with van der Waals surface area (Å²) in [6.07, 6.45) is 3.92. The summed E-state index contributed by atoms with van der Waals surface area (Å²) in [4.78, 5) is 13.1. The second-order valence-corrected chi connectivity index (χ2v) is 11.0. The molecule has 0 unspecified atom stereocenters. The molecule has 1 aliphatic carbocycles. The average molecular weight is 496 g/mol. The van der Waals surface area contributed by atoms with E-state index < -0.39 is 10.2 Å². The van der Waals surface area contributed by atoms with Gasteiger partial charge in [-0.25, -0.2) is 5.01 Å². The topological polar surface area (TPSA) is 32.7 Å². The van der Waals surface area contributed by atoms with Gasteiger partial charge in [-0.3, -0.25) is 4.79 Å². The molecule has 1 saturated carbocycles. The van der Waals surface area contributed by atoms with Crippen LogP contribution >= 0.6 is 46.4 Å². The molecule has 0 bridgehead atoms. The fourth-order valence-electron chi connectivity index (χ4n) is 4.41. The van der Waals surface area contributed by atoms with E-state index in [4.69, 9.17) is 51.5 Å². The summed E-state index contributed by atoms with van der Waals surface area (Å²) < 4.78 is -1.58. The van der Waals surface area contributed by atoms with E-state index >= 15 is 0 Å². The summed E-state index contributed by atoms with van der Waals surface area (Å²) in [7, 11) is 0. The number of amides is 1. The van der Waals surface area contributed by atoms with Gasteiger partial charge in [0.2, 0.25) is 0 Å². The number of hydrogen-bond donors (Lipinski definition) is 0. The lowest BCUT2D eigenvalue weighted by Crippen LogP contribution is -2.39. The van der Waals surface area contributed by atoms with Gasteiger partial charge < -0.3 is 0 Å². The van der Waals surface area contributed by atoms with Crippen molar-refractivity contribution in [2.45, 2.75) is 37.1 Å². The average Bonchev–Trinajstić information content (AvgIpc) is 3.08. The largest absolute Gasteiger partial charge is 0.279 e. The Balaban J connectivity index is 1.80. The summed E-state index contributed by atoms with van der Waals surface area (Å²) in [5.41, 5.74) is 4.03. The molecular formula is C24H22Cl4N2O. The number of hydrogen-bond acceptors (Lipinski definition) is 2. The Morgan fingerprint density at radius 2 is 1.65 bits per heavy atom. The molecule has 7 heteroatoms. The van der Waals surface area contributed by atoms with Crippen molar-refractivity contribution >= 4 is 64.1 Å². The predicted molar refractivity (Wildman–Crippen MR) is 130 cm³/mol. The number of hydrazone groups is 1. The van der Waals surface area contributed by atoms with Crippen LogP contribution in [0.25, 0.3) is 6.08 Å². The van der Waals surface area contributed by atoms with Crippen molar-refractivity contribution in [1.82, 2.24) is 5.01 Å². The molecular weight excluding hydrogens is 474 g/mol. The molecule has 2 aliphatic rings. The van der Waals surface area contributed by atoms with Gasteiger partial charge in [-0.2, -0.15) is 5.10 Å². The first-order chi connectivity index (χ1) is 14.6. The van der Waals surface area contributed by atoms with Crippen LogP contribution in [0.3, 0.4) is 0 Å². The summed E-state index contributed by atoms with van der Waals surface area (Å²) in [6, 6.07) is 14.9. The highest BCUT2D eigenvalue weighted by molar-refractivity contribution is 6.57. The zero-order valence-electron chi connectivity index (χ0n) is 17.2. The second kappa shape index (κ2) is 8.78. The number of nitrogens with zero attached hydrogens (tertiary/aromatic N) is 2. The second-order valence-electron chi connectivity index (χ2n) is 8.39. The third kappa shape index (κ3) is 4.80. The lowest BCUT2D eigenvalue weighted by molar-refractivity contribution is -0.134. The van der Waals surface area contributed by atoms with E-state index in [0.29, 0.717) is 16.0 Å². The van der Waals surface area contributed by atoms with Crippen LogP contribution in [0.5, 0.6) is 0 Å². The molecule has 4 rings (SSSR count). The van der Waals surface area contributed by atoms with Crippen LogP contribution in [0.2, 0.25) is 10.0 Å². The lowest BCUT2D eigenvalue weighted by atomic mass is 9.73. The minimum absolute atomic E-state index is 0.0445. The van der Waals surface area contributed by atoms with Crippen molar-refractivity contribution in [3.63, 3.8) is 0 Å². The molecule has 0 saturated heterocycles. The van der Waals surface area contributed by atoms with Gasteiger partial charge in [0.1, 0.15) is 0 Å². The Hall–Kier alpha value is -1.52. The molecule has 0 aromatic heterocycles. The maximum atomic E-state index is 13.1. The van der Waals surface area contributed by atoms with Crippen LogP contribution in [-0.2, 0) is 4.79 Å². The molecule has 2 aromatic carbocycles. The normalized spacial score (nSPS) is 24.8. The fraction of sp³-hybridized carbons (Fsp3) is 0.333. The number of carbonyl (C=O) groups excluding carboxylic acids is 1. The van der Waals surface area contributed by atoms with Crippen LogP contribution in [0.1, 0.15) is 43.9 Å². The van der Waals surface area contributed by atoms with Crippen LogP contribution in [0.4, 0.5) is 0 Å². The number of alkyl halides is 2. The zero-order chi connectivity index (χ0) is 22.3. The molecule has 1 aliphatic heterocycles. The first-order valence-electron chi connectivity index (χ1n) is 10.2. The number of carbonyl (C=O) groups is 1. The molecule has 0 radical (unpaired) electrons. The number of benzene rings is 2. The third-order valence-corrected chi connectivity index (χ3v) is 6.60. The van der Waals surface area contributed by atoms with Gasteiger partial charge in [-0.1, -0.05) is 77.6 Å². The summed E-state index contributed by atoms with van der Waals surface area (Å²) in [5, 5.41) is 7.59. The fourth-order valence-corrected chi connectivity index (χ4v) is 4.84. The van der Waals surface area contributed by atoms with Gasteiger partial charge in [0.15, 0.2) is 4.33 Å². The maximum absolute atomic E-state index is 13.1. The van der Waals surface area contributed by atoms with Gasteiger partial charge in [-0.05, 0) is 72.7 Å².